The van der Waals surface area contributed by atoms with Crippen molar-refractivity contribution < 1.29 is 9.53 Å². The molecule has 1 heterocycles. The van der Waals surface area contributed by atoms with Crippen LogP contribution in [-0.2, 0) is 9.53 Å². The summed E-state index contributed by atoms with van der Waals surface area (Å²) < 4.78 is 5.48. The summed E-state index contributed by atoms with van der Waals surface area (Å²) in [7, 11) is 1.88. The van der Waals surface area contributed by atoms with E-state index in [0.717, 1.165) is 31.3 Å². The van der Waals surface area contributed by atoms with Crippen LogP contribution in [-0.4, -0.2) is 42.4 Å². The molecule has 0 aromatic rings. The van der Waals surface area contributed by atoms with Crippen molar-refractivity contribution in [2.45, 2.75) is 38.7 Å². The zero-order chi connectivity index (χ0) is 12.0. The third-order valence-corrected chi connectivity index (χ3v) is 3.69. The van der Waals surface area contributed by atoms with Crippen LogP contribution in [0.1, 0.15) is 32.6 Å². The maximum atomic E-state index is 12.0. The van der Waals surface area contributed by atoms with Crippen LogP contribution in [0.2, 0.25) is 0 Å². The Morgan fingerprint density at radius 1 is 1.44 bits per heavy atom. The van der Waals surface area contributed by atoms with Crippen LogP contribution in [0.3, 0.4) is 0 Å². The van der Waals surface area contributed by atoms with Gasteiger partial charge in [0.25, 0.3) is 5.91 Å². The summed E-state index contributed by atoms with van der Waals surface area (Å²) >= 11 is 3.41. The second kappa shape index (κ2) is 7.28. The third kappa shape index (κ3) is 4.06. The summed E-state index contributed by atoms with van der Waals surface area (Å²) in [5.41, 5.74) is 0. The summed E-state index contributed by atoms with van der Waals surface area (Å²) in [6.07, 6.45) is 4.24. The first-order valence-corrected chi connectivity index (χ1v) is 7.21. The lowest BCUT2D eigenvalue weighted by atomic mass is 10.0. The molecule has 0 spiro atoms. The normalized spacial score (nSPS) is 24.7. The second-order valence-corrected chi connectivity index (χ2v) is 5.36. The number of alkyl halides is 1. The SMILES string of the molecule is CC1CCOC1C(=O)N(C)CCCCCBr. The summed E-state index contributed by atoms with van der Waals surface area (Å²) in [5.74, 6) is 0.529. The minimum Gasteiger partial charge on any atom is -0.368 e. The average Bonchev–Trinajstić information content (AvgIpc) is 2.69. The molecule has 94 valence electrons. The van der Waals surface area contributed by atoms with Gasteiger partial charge in [0.2, 0.25) is 0 Å². The van der Waals surface area contributed by atoms with Gasteiger partial charge < -0.3 is 9.64 Å². The number of ether oxygens (including phenoxy) is 1. The standard InChI is InChI=1S/C12H22BrNO2/c1-10-6-9-16-11(10)12(15)14(2)8-5-3-4-7-13/h10-11H,3-9H2,1-2H3. The van der Waals surface area contributed by atoms with Gasteiger partial charge in [-0.15, -0.1) is 0 Å². The Bertz CT molecular complexity index is 223. The first-order chi connectivity index (χ1) is 7.66. The number of carbonyl (C=O) groups excluding carboxylic acids is 1. The smallest absolute Gasteiger partial charge is 0.251 e. The lowest BCUT2D eigenvalue weighted by Gasteiger charge is -2.22. The number of likely N-dealkylation sites (N-methyl/N-ethyl adjacent to an activating group) is 1. The minimum absolute atomic E-state index is 0.156. The number of carbonyl (C=O) groups is 1. The van der Waals surface area contributed by atoms with E-state index in [1.54, 1.807) is 0 Å². The van der Waals surface area contributed by atoms with E-state index in [2.05, 4.69) is 22.9 Å². The molecule has 1 rings (SSSR count). The maximum absolute atomic E-state index is 12.0. The van der Waals surface area contributed by atoms with Gasteiger partial charge in [-0.3, -0.25) is 4.79 Å². The summed E-state index contributed by atoms with van der Waals surface area (Å²) in [6, 6.07) is 0. The Labute approximate surface area is 107 Å². The van der Waals surface area contributed by atoms with Gasteiger partial charge in [0.15, 0.2) is 0 Å². The van der Waals surface area contributed by atoms with E-state index in [0.29, 0.717) is 5.92 Å². The summed E-state index contributed by atoms with van der Waals surface area (Å²) in [6.45, 7) is 3.67. The lowest BCUT2D eigenvalue weighted by molar-refractivity contribution is -0.141. The van der Waals surface area contributed by atoms with Crippen molar-refractivity contribution in [2.75, 3.05) is 25.5 Å². The van der Waals surface area contributed by atoms with E-state index < -0.39 is 0 Å². The van der Waals surface area contributed by atoms with Gasteiger partial charge in [-0.05, 0) is 25.2 Å². The van der Waals surface area contributed by atoms with Crippen molar-refractivity contribution in [3.8, 4) is 0 Å². The molecule has 2 atom stereocenters. The van der Waals surface area contributed by atoms with Crippen LogP contribution in [0.4, 0.5) is 0 Å². The van der Waals surface area contributed by atoms with Crippen molar-refractivity contribution in [3.05, 3.63) is 0 Å². The van der Waals surface area contributed by atoms with Crippen LogP contribution < -0.4 is 0 Å². The topological polar surface area (TPSA) is 29.5 Å². The van der Waals surface area contributed by atoms with Crippen LogP contribution in [0, 0.1) is 5.92 Å². The number of amides is 1. The van der Waals surface area contributed by atoms with Crippen molar-refractivity contribution in [1.29, 1.82) is 0 Å². The van der Waals surface area contributed by atoms with Crippen LogP contribution >= 0.6 is 15.9 Å². The fourth-order valence-corrected chi connectivity index (χ4v) is 2.36. The molecule has 0 aromatic heterocycles. The molecule has 1 saturated heterocycles. The molecule has 1 aliphatic rings. The number of halogens is 1. The molecular formula is C12H22BrNO2. The van der Waals surface area contributed by atoms with Crippen LogP contribution in [0.15, 0.2) is 0 Å². The zero-order valence-corrected chi connectivity index (χ0v) is 11.8. The predicted octanol–water partition coefficient (Wildman–Crippen LogP) is 2.44. The zero-order valence-electron chi connectivity index (χ0n) is 10.2. The molecule has 0 N–H and O–H groups in total. The molecule has 0 bridgehead atoms. The minimum atomic E-state index is -0.193. The van der Waals surface area contributed by atoms with Gasteiger partial charge >= 0.3 is 0 Å². The molecule has 16 heavy (non-hydrogen) atoms. The quantitative estimate of drug-likeness (QED) is 0.556. The molecule has 1 aliphatic heterocycles. The average molecular weight is 292 g/mol. The first kappa shape index (κ1) is 14.0. The summed E-state index contributed by atoms with van der Waals surface area (Å²) in [5, 5.41) is 1.05. The maximum Gasteiger partial charge on any atom is 0.251 e. The molecule has 3 nitrogen and oxygen atoms in total. The van der Waals surface area contributed by atoms with Crippen molar-refractivity contribution in [3.63, 3.8) is 0 Å². The van der Waals surface area contributed by atoms with E-state index in [-0.39, 0.29) is 12.0 Å². The molecule has 1 fully saturated rings. The number of hydrogen-bond donors (Lipinski definition) is 0. The van der Waals surface area contributed by atoms with Gasteiger partial charge in [-0.2, -0.15) is 0 Å². The van der Waals surface area contributed by atoms with E-state index in [9.17, 15) is 4.79 Å². The largest absolute Gasteiger partial charge is 0.368 e. The highest BCUT2D eigenvalue weighted by Gasteiger charge is 2.32. The van der Waals surface area contributed by atoms with Crippen LogP contribution in [0.25, 0.3) is 0 Å². The highest BCUT2D eigenvalue weighted by Crippen LogP contribution is 2.21. The van der Waals surface area contributed by atoms with Crippen molar-refractivity contribution >= 4 is 21.8 Å². The fourth-order valence-electron chi connectivity index (χ4n) is 1.96. The van der Waals surface area contributed by atoms with Crippen molar-refractivity contribution in [2.24, 2.45) is 5.92 Å². The van der Waals surface area contributed by atoms with Crippen LogP contribution in [0.5, 0.6) is 0 Å². The first-order valence-electron chi connectivity index (χ1n) is 6.09. The number of nitrogens with zero attached hydrogens (tertiary/aromatic N) is 1. The van der Waals surface area contributed by atoms with E-state index in [1.165, 1.54) is 12.8 Å². The third-order valence-electron chi connectivity index (χ3n) is 3.13. The summed E-state index contributed by atoms with van der Waals surface area (Å²) in [4.78, 5) is 13.8. The fraction of sp³-hybridized carbons (Fsp3) is 0.917. The molecule has 2 unspecified atom stereocenters. The van der Waals surface area contributed by atoms with Gasteiger partial charge in [0.1, 0.15) is 6.10 Å². The molecule has 0 aromatic carbocycles. The number of unbranched alkanes of at least 4 members (excludes halogenated alkanes) is 2. The van der Waals surface area contributed by atoms with Gasteiger partial charge in [-0.25, -0.2) is 0 Å². The Hall–Kier alpha value is -0.0900. The van der Waals surface area contributed by atoms with Crippen molar-refractivity contribution in [1.82, 2.24) is 4.90 Å². The number of hydrogen-bond acceptors (Lipinski definition) is 2. The van der Waals surface area contributed by atoms with Gasteiger partial charge in [-0.1, -0.05) is 29.3 Å². The Kier molecular flexibility index (Phi) is 6.36. The van der Waals surface area contributed by atoms with E-state index in [1.807, 2.05) is 11.9 Å². The Balaban J connectivity index is 2.24. The second-order valence-electron chi connectivity index (χ2n) is 4.57. The number of rotatable bonds is 6. The Morgan fingerprint density at radius 3 is 2.75 bits per heavy atom. The van der Waals surface area contributed by atoms with E-state index in [4.69, 9.17) is 4.74 Å². The molecule has 0 radical (unpaired) electrons. The molecule has 0 aliphatic carbocycles. The van der Waals surface area contributed by atoms with Gasteiger partial charge in [0, 0.05) is 25.5 Å². The molecule has 4 heteroatoms. The highest BCUT2D eigenvalue weighted by molar-refractivity contribution is 9.09. The van der Waals surface area contributed by atoms with E-state index >= 15 is 0 Å². The monoisotopic (exact) mass is 291 g/mol. The molecule has 1 amide bonds. The predicted molar refractivity (Wildman–Crippen MR) is 68.8 cm³/mol. The molecular weight excluding hydrogens is 270 g/mol. The Morgan fingerprint density at radius 2 is 2.19 bits per heavy atom. The molecule has 0 saturated carbocycles. The van der Waals surface area contributed by atoms with Gasteiger partial charge in [0.05, 0.1) is 0 Å². The highest BCUT2D eigenvalue weighted by atomic mass is 79.9. The lowest BCUT2D eigenvalue weighted by Crippen LogP contribution is -2.39.